The zero-order valence-corrected chi connectivity index (χ0v) is 11.8. The second-order valence-corrected chi connectivity index (χ2v) is 5.72. The van der Waals surface area contributed by atoms with Crippen molar-refractivity contribution in [1.82, 2.24) is 9.55 Å². The Bertz CT molecular complexity index is 799. The first-order valence-electron chi connectivity index (χ1n) is 6.91. The quantitative estimate of drug-likeness (QED) is 0.868. The molecule has 3 atom stereocenters. The van der Waals surface area contributed by atoms with Gasteiger partial charge < -0.3 is 5.73 Å². The van der Waals surface area contributed by atoms with Gasteiger partial charge in [0.05, 0.1) is 11.4 Å². The Balaban J connectivity index is 2.42. The largest absolute Gasteiger partial charge is 0.369 e. The second kappa shape index (κ2) is 4.65. The van der Waals surface area contributed by atoms with Gasteiger partial charge in [0.1, 0.15) is 17.0 Å². The third-order valence-corrected chi connectivity index (χ3v) is 4.21. The molecule has 0 spiro atoms. The number of primary amides is 1. The van der Waals surface area contributed by atoms with E-state index in [9.17, 15) is 14.0 Å². The van der Waals surface area contributed by atoms with Crippen LogP contribution in [0.3, 0.4) is 0 Å². The van der Waals surface area contributed by atoms with Crippen LogP contribution in [-0.4, -0.2) is 15.5 Å². The van der Waals surface area contributed by atoms with Crippen molar-refractivity contribution in [2.24, 2.45) is 11.7 Å². The van der Waals surface area contributed by atoms with Crippen molar-refractivity contribution in [2.45, 2.75) is 32.2 Å². The smallest absolute Gasteiger partial charge is 0.264 e. The van der Waals surface area contributed by atoms with E-state index in [1.807, 2.05) is 13.8 Å². The Kier molecular flexibility index (Phi) is 3.04. The predicted molar refractivity (Wildman–Crippen MR) is 76.4 cm³/mol. The number of carbonyl (C=O) groups excluding carboxylic acids is 1. The van der Waals surface area contributed by atoms with Gasteiger partial charge in [-0.05, 0) is 31.4 Å². The van der Waals surface area contributed by atoms with Crippen LogP contribution < -0.4 is 11.3 Å². The molecule has 1 aromatic carbocycles. The van der Waals surface area contributed by atoms with Crippen LogP contribution in [0.4, 0.5) is 4.39 Å². The average Bonchev–Trinajstić information content (AvgIpc) is 2.37. The van der Waals surface area contributed by atoms with Gasteiger partial charge in [0.2, 0.25) is 5.91 Å². The maximum Gasteiger partial charge on any atom is 0.264 e. The summed E-state index contributed by atoms with van der Waals surface area (Å²) in [5.74, 6) is -1.39. The van der Waals surface area contributed by atoms with Crippen molar-refractivity contribution in [3.05, 3.63) is 40.2 Å². The molecule has 0 aliphatic carbocycles. The first-order valence-corrected chi connectivity index (χ1v) is 6.91. The normalized spacial score (nSPS) is 24.8. The van der Waals surface area contributed by atoms with Gasteiger partial charge in [0, 0.05) is 6.04 Å². The lowest BCUT2D eigenvalue weighted by molar-refractivity contribution is -0.121. The number of nitrogens with zero attached hydrogens (tertiary/aromatic N) is 2. The fourth-order valence-corrected chi connectivity index (χ4v) is 3.31. The summed E-state index contributed by atoms with van der Waals surface area (Å²) in [6, 6.07) is 4.16. The zero-order valence-electron chi connectivity index (χ0n) is 11.8. The topological polar surface area (TPSA) is 78.0 Å². The van der Waals surface area contributed by atoms with Crippen molar-refractivity contribution in [2.75, 3.05) is 0 Å². The monoisotopic (exact) mass is 289 g/mol. The molecular formula is C15H16FN3O2. The third-order valence-electron chi connectivity index (χ3n) is 4.21. The molecule has 2 aromatic rings. The molecule has 110 valence electrons. The molecule has 0 radical (unpaired) electrons. The second-order valence-electron chi connectivity index (χ2n) is 5.72. The number of aromatic nitrogens is 2. The van der Waals surface area contributed by atoms with E-state index in [-0.39, 0.29) is 22.9 Å². The van der Waals surface area contributed by atoms with Gasteiger partial charge in [-0.3, -0.25) is 14.2 Å². The number of rotatable bonds is 1. The van der Waals surface area contributed by atoms with E-state index in [2.05, 4.69) is 4.98 Å². The number of halogens is 1. The molecule has 0 saturated heterocycles. The maximum absolute atomic E-state index is 13.9. The summed E-state index contributed by atoms with van der Waals surface area (Å²) in [7, 11) is 0. The first kappa shape index (κ1) is 13.7. The van der Waals surface area contributed by atoms with Gasteiger partial charge >= 0.3 is 0 Å². The number of hydrogen-bond acceptors (Lipinski definition) is 3. The molecule has 1 aromatic heterocycles. The van der Waals surface area contributed by atoms with Crippen molar-refractivity contribution < 1.29 is 9.18 Å². The lowest BCUT2D eigenvalue weighted by atomic mass is 9.83. The number of fused-ring (bicyclic) bond motifs is 2. The molecular weight excluding hydrogens is 273 g/mol. The molecule has 1 aliphatic rings. The van der Waals surface area contributed by atoms with Crippen molar-refractivity contribution in [3.8, 4) is 0 Å². The number of amides is 1. The fraction of sp³-hybridized carbons (Fsp3) is 0.400. The van der Waals surface area contributed by atoms with Crippen molar-refractivity contribution in [1.29, 1.82) is 0 Å². The van der Waals surface area contributed by atoms with Crippen LogP contribution >= 0.6 is 0 Å². The molecule has 2 N–H and O–H groups in total. The van der Waals surface area contributed by atoms with Gasteiger partial charge in [-0.2, -0.15) is 0 Å². The van der Waals surface area contributed by atoms with Gasteiger partial charge in [0.25, 0.3) is 5.56 Å². The first-order chi connectivity index (χ1) is 9.91. The van der Waals surface area contributed by atoms with Crippen LogP contribution in [0.25, 0.3) is 10.9 Å². The summed E-state index contributed by atoms with van der Waals surface area (Å²) in [5, 5.41) is -0.0362. The van der Waals surface area contributed by atoms with E-state index >= 15 is 0 Å². The van der Waals surface area contributed by atoms with Gasteiger partial charge in [-0.1, -0.05) is 13.0 Å². The SMILES string of the molecule is CC1CC(C)n2c(nc3cccc(F)c3c2=O)C1C(N)=O. The summed E-state index contributed by atoms with van der Waals surface area (Å²) < 4.78 is 15.3. The third kappa shape index (κ3) is 1.93. The minimum absolute atomic E-state index is 0.00425. The summed E-state index contributed by atoms with van der Waals surface area (Å²) in [6.45, 7) is 3.78. The van der Waals surface area contributed by atoms with Crippen molar-refractivity contribution in [3.63, 3.8) is 0 Å². The van der Waals surface area contributed by atoms with Gasteiger partial charge in [0.15, 0.2) is 0 Å². The molecule has 1 aliphatic heterocycles. The molecule has 0 fully saturated rings. The van der Waals surface area contributed by atoms with E-state index in [0.717, 1.165) is 0 Å². The average molecular weight is 289 g/mol. The molecule has 0 saturated carbocycles. The van der Waals surface area contributed by atoms with Gasteiger partial charge in [-0.25, -0.2) is 9.37 Å². The van der Waals surface area contributed by atoms with Crippen LogP contribution in [0, 0.1) is 11.7 Å². The molecule has 6 heteroatoms. The minimum atomic E-state index is -0.624. The van der Waals surface area contributed by atoms with Gasteiger partial charge in [-0.15, -0.1) is 0 Å². The highest BCUT2D eigenvalue weighted by molar-refractivity contribution is 5.83. The zero-order chi connectivity index (χ0) is 15.3. The van der Waals surface area contributed by atoms with E-state index in [1.165, 1.54) is 16.7 Å². The molecule has 5 nitrogen and oxygen atoms in total. The molecule has 0 bridgehead atoms. The summed E-state index contributed by atoms with van der Waals surface area (Å²) in [4.78, 5) is 28.7. The fourth-order valence-electron chi connectivity index (χ4n) is 3.31. The lowest BCUT2D eigenvalue weighted by Crippen LogP contribution is -2.41. The van der Waals surface area contributed by atoms with E-state index in [4.69, 9.17) is 5.73 Å². The van der Waals surface area contributed by atoms with Crippen molar-refractivity contribution >= 4 is 16.8 Å². The Hall–Kier alpha value is -2.24. The minimum Gasteiger partial charge on any atom is -0.369 e. The molecule has 3 rings (SSSR count). The number of benzene rings is 1. The Morgan fingerprint density at radius 3 is 2.81 bits per heavy atom. The van der Waals surface area contributed by atoms with Crippen LogP contribution in [-0.2, 0) is 4.79 Å². The molecule has 2 heterocycles. The highest BCUT2D eigenvalue weighted by Crippen LogP contribution is 2.36. The lowest BCUT2D eigenvalue weighted by Gasteiger charge is -2.33. The van der Waals surface area contributed by atoms with E-state index in [1.54, 1.807) is 6.07 Å². The molecule has 1 amide bonds. The summed E-state index contributed by atoms with van der Waals surface area (Å²) >= 11 is 0. The maximum atomic E-state index is 13.9. The van der Waals surface area contributed by atoms with E-state index in [0.29, 0.717) is 12.2 Å². The molecule has 3 unspecified atom stereocenters. The van der Waals surface area contributed by atoms with Crippen LogP contribution in [0.1, 0.15) is 38.1 Å². The standard InChI is InChI=1S/C15H16FN3O2/c1-7-6-8(2)19-14(11(7)13(17)20)18-10-5-3-4-9(16)12(10)15(19)21/h3-5,7-8,11H,6H2,1-2H3,(H2,17,20). The molecule has 21 heavy (non-hydrogen) atoms. The Morgan fingerprint density at radius 2 is 2.14 bits per heavy atom. The number of carbonyl (C=O) groups is 1. The van der Waals surface area contributed by atoms with E-state index < -0.39 is 23.2 Å². The van der Waals surface area contributed by atoms with Crippen LogP contribution in [0.15, 0.2) is 23.0 Å². The number of hydrogen-bond donors (Lipinski definition) is 1. The number of nitrogens with two attached hydrogens (primary N) is 1. The highest BCUT2D eigenvalue weighted by Gasteiger charge is 2.36. The highest BCUT2D eigenvalue weighted by atomic mass is 19.1. The summed E-state index contributed by atoms with van der Waals surface area (Å²) in [5.41, 5.74) is 5.29. The van der Waals surface area contributed by atoms with Crippen LogP contribution in [0.5, 0.6) is 0 Å². The Morgan fingerprint density at radius 1 is 1.43 bits per heavy atom. The predicted octanol–water partition coefficient (Wildman–Crippen LogP) is 1.71. The Labute approximate surface area is 120 Å². The van der Waals surface area contributed by atoms with Crippen LogP contribution in [0.2, 0.25) is 0 Å². The summed E-state index contributed by atoms with van der Waals surface area (Å²) in [6.07, 6.45) is 0.627.